The van der Waals surface area contributed by atoms with Gasteiger partial charge in [0.05, 0.1) is 11.6 Å². The van der Waals surface area contributed by atoms with Gasteiger partial charge in [-0.1, -0.05) is 25.1 Å². The van der Waals surface area contributed by atoms with Crippen molar-refractivity contribution in [3.05, 3.63) is 35.6 Å². The van der Waals surface area contributed by atoms with Gasteiger partial charge in [-0.2, -0.15) is 0 Å². The lowest BCUT2D eigenvalue weighted by molar-refractivity contribution is -0.127. The van der Waals surface area contributed by atoms with Crippen LogP contribution in [-0.4, -0.2) is 40.6 Å². The number of halogens is 1. The molecule has 0 aliphatic heterocycles. The first kappa shape index (κ1) is 17.6. The fraction of sp³-hybridized carbons (Fsp3) is 0.562. The van der Waals surface area contributed by atoms with Crippen molar-refractivity contribution in [3.8, 4) is 0 Å². The summed E-state index contributed by atoms with van der Waals surface area (Å²) in [5.74, 6) is -0.501. The smallest absolute Gasteiger partial charge is 0.237 e. The fourth-order valence-corrected chi connectivity index (χ4v) is 2.16. The first-order valence-corrected chi connectivity index (χ1v) is 7.22. The van der Waals surface area contributed by atoms with Crippen LogP contribution in [0.25, 0.3) is 0 Å². The lowest BCUT2D eigenvalue weighted by Gasteiger charge is -2.32. The second kappa shape index (κ2) is 7.52. The van der Waals surface area contributed by atoms with E-state index in [2.05, 4.69) is 5.32 Å². The molecule has 118 valence electrons. The molecule has 2 N–H and O–H groups in total. The number of hydrogen-bond acceptors (Lipinski definition) is 3. The van der Waals surface area contributed by atoms with E-state index >= 15 is 0 Å². The Labute approximate surface area is 126 Å². The highest BCUT2D eigenvalue weighted by molar-refractivity contribution is 5.81. The van der Waals surface area contributed by atoms with Crippen molar-refractivity contribution in [1.82, 2.24) is 10.2 Å². The van der Waals surface area contributed by atoms with Crippen LogP contribution in [0.4, 0.5) is 4.39 Å². The van der Waals surface area contributed by atoms with Crippen molar-refractivity contribution in [3.63, 3.8) is 0 Å². The molecule has 0 radical (unpaired) electrons. The van der Waals surface area contributed by atoms with Crippen LogP contribution in [0, 0.1) is 5.82 Å². The maximum absolute atomic E-state index is 13.5. The van der Waals surface area contributed by atoms with Crippen molar-refractivity contribution in [2.75, 3.05) is 13.1 Å². The Morgan fingerprint density at radius 1 is 1.43 bits per heavy atom. The number of likely N-dealkylation sites (N-methyl/N-ethyl adjacent to an activating group) is 1. The zero-order valence-electron chi connectivity index (χ0n) is 13.2. The SMILES string of the molecule is CCN(CC(C)(C)O)C(C)C(=O)NCc1ccccc1F. The van der Waals surface area contributed by atoms with Gasteiger partial charge in [-0.15, -0.1) is 0 Å². The summed E-state index contributed by atoms with van der Waals surface area (Å²) in [6.07, 6.45) is 0. The molecule has 1 unspecified atom stereocenters. The van der Waals surface area contributed by atoms with Gasteiger partial charge in [-0.05, 0) is 33.4 Å². The Bertz CT molecular complexity index is 472. The van der Waals surface area contributed by atoms with Gasteiger partial charge in [0.2, 0.25) is 5.91 Å². The molecule has 0 fully saturated rings. The van der Waals surface area contributed by atoms with Gasteiger partial charge in [0.15, 0.2) is 0 Å². The Hall–Kier alpha value is -1.46. The number of rotatable bonds is 7. The van der Waals surface area contributed by atoms with Crippen LogP contribution in [0.15, 0.2) is 24.3 Å². The van der Waals surface area contributed by atoms with E-state index in [0.29, 0.717) is 18.7 Å². The fourth-order valence-electron chi connectivity index (χ4n) is 2.16. The summed E-state index contributed by atoms with van der Waals surface area (Å²) in [7, 11) is 0. The Balaban J connectivity index is 2.59. The standard InChI is InChI=1S/C16H25FN2O2/c1-5-19(11-16(3,4)21)12(2)15(20)18-10-13-8-6-7-9-14(13)17/h6-9,12,21H,5,10-11H2,1-4H3,(H,18,20). The quantitative estimate of drug-likeness (QED) is 0.808. The molecule has 0 aliphatic carbocycles. The molecule has 0 bridgehead atoms. The molecule has 5 heteroatoms. The minimum absolute atomic E-state index is 0.163. The predicted octanol–water partition coefficient (Wildman–Crippen LogP) is 1.92. The van der Waals surface area contributed by atoms with E-state index < -0.39 is 5.60 Å². The molecule has 0 saturated heterocycles. The van der Waals surface area contributed by atoms with Gasteiger partial charge in [0.1, 0.15) is 5.82 Å². The first-order chi connectivity index (χ1) is 9.74. The van der Waals surface area contributed by atoms with E-state index in [1.54, 1.807) is 39.0 Å². The lowest BCUT2D eigenvalue weighted by atomic mass is 10.1. The highest BCUT2D eigenvalue weighted by Gasteiger charge is 2.25. The molecule has 1 aromatic rings. The number of carbonyl (C=O) groups is 1. The molecular weight excluding hydrogens is 271 g/mol. The van der Waals surface area contributed by atoms with Gasteiger partial charge in [0, 0.05) is 18.7 Å². The van der Waals surface area contributed by atoms with Crippen molar-refractivity contribution < 1.29 is 14.3 Å². The normalized spacial score (nSPS) is 13.3. The molecule has 1 rings (SSSR count). The van der Waals surface area contributed by atoms with E-state index in [9.17, 15) is 14.3 Å². The van der Waals surface area contributed by atoms with Crippen LogP contribution >= 0.6 is 0 Å². The van der Waals surface area contributed by atoms with E-state index in [4.69, 9.17) is 0 Å². The van der Waals surface area contributed by atoms with Crippen molar-refractivity contribution >= 4 is 5.91 Å². The molecule has 0 saturated carbocycles. The third-order valence-electron chi connectivity index (χ3n) is 3.33. The summed E-state index contributed by atoms with van der Waals surface area (Å²) in [5.41, 5.74) is -0.403. The van der Waals surface area contributed by atoms with Crippen LogP contribution in [0.3, 0.4) is 0 Å². The number of nitrogens with one attached hydrogen (secondary N) is 1. The summed E-state index contributed by atoms with van der Waals surface area (Å²) in [6, 6.07) is 5.99. The Kier molecular flexibility index (Phi) is 6.30. The van der Waals surface area contributed by atoms with Crippen LogP contribution in [0.1, 0.15) is 33.3 Å². The van der Waals surface area contributed by atoms with E-state index in [1.165, 1.54) is 6.07 Å². The molecule has 0 aromatic heterocycles. The van der Waals surface area contributed by atoms with Crippen molar-refractivity contribution in [1.29, 1.82) is 0 Å². The van der Waals surface area contributed by atoms with Gasteiger partial charge >= 0.3 is 0 Å². The minimum atomic E-state index is -0.865. The van der Waals surface area contributed by atoms with E-state index in [-0.39, 0.29) is 24.3 Å². The highest BCUT2D eigenvalue weighted by Crippen LogP contribution is 2.10. The first-order valence-electron chi connectivity index (χ1n) is 7.22. The number of aliphatic hydroxyl groups is 1. The summed E-state index contributed by atoms with van der Waals surface area (Å²) >= 11 is 0. The monoisotopic (exact) mass is 296 g/mol. The molecule has 1 atom stereocenters. The number of hydrogen-bond donors (Lipinski definition) is 2. The topological polar surface area (TPSA) is 52.6 Å². The molecule has 0 spiro atoms. The van der Waals surface area contributed by atoms with Crippen LogP contribution in [-0.2, 0) is 11.3 Å². The van der Waals surface area contributed by atoms with Gasteiger partial charge in [-0.3, -0.25) is 9.69 Å². The largest absolute Gasteiger partial charge is 0.389 e. The van der Waals surface area contributed by atoms with Crippen LogP contribution < -0.4 is 5.32 Å². The van der Waals surface area contributed by atoms with Crippen molar-refractivity contribution in [2.45, 2.75) is 45.9 Å². The second-order valence-corrected chi connectivity index (χ2v) is 5.86. The molecule has 21 heavy (non-hydrogen) atoms. The zero-order chi connectivity index (χ0) is 16.0. The third-order valence-corrected chi connectivity index (χ3v) is 3.33. The molecule has 1 aromatic carbocycles. The number of amides is 1. The maximum Gasteiger partial charge on any atom is 0.237 e. The summed E-state index contributed by atoms with van der Waals surface area (Å²) in [4.78, 5) is 14.0. The minimum Gasteiger partial charge on any atom is -0.389 e. The van der Waals surface area contributed by atoms with Gasteiger partial charge < -0.3 is 10.4 Å². The van der Waals surface area contributed by atoms with E-state index in [1.807, 2.05) is 11.8 Å². The molecular formula is C16H25FN2O2. The summed E-state index contributed by atoms with van der Waals surface area (Å²) in [6.45, 7) is 8.35. The second-order valence-electron chi connectivity index (χ2n) is 5.86. The maximum atomic E-state index is 13.5. The number of benzene rings is 1. The van der Waals surface area contributed by atoms with E-state index in [0.717, 1.165) is 0 Å². The van der Waals surface area contributed by atoms with Crippen LogP contribution in [0.2, 0.25) is 0 Å². The predicted molar refractivity (Wildman–Crippen MR) is 81.3 cm³/mol. The molecule has 4 nitrogen and oxygen atoms in total. The Morgan fingerprint density at radius 2 is 2.05 bits per heavy atom. The lowest BCUT2D eigenvalue weighted by Crippen LogP contribution is -2.49. The summed E-state index contributed by atoms with van der Waals surface area (Å²) in [5, 5.41) is 12.6. The van der Waals surface area contributed by atoms with Gasteiger partial charge in [-0.25, -0.2) is 4.39 Å². The molecule has 0 aliphatic rings. The zero-order valence-corrected chi connectivity index (χ0v) is 13.2. The highest BCUT2D eigenvalue weighted by atomic mass is 19.1. The van der Waals surface area contributed by atoms with Crippen molar-refractivity contribution in [2.24, 2.45) is 0 Å². The molecule has 1 amide bonds. The number of nitrogens with zero attached hydrogens (tertiary/aromatic N) is 1. The average molecular weight is 296 g/mol. The third kappa shape index (κ3) is 5.81. The average Bonchev–Trinajstić information content (AvgIpc) is 2.41. The number of carbonyl (C=O) groups excluding carboxylic acids is 1. The van der Waals surface area contributed by atoms with Crippen LogP contribution in [0.5, 0.6) is 0 Å². The van der Waals surface area contributed by atoms with Gasteiger partial charge in [0.25, 0.3) is 0 Å². The Morgan fingerprint density at radius 3 is 2.57 bits per heavy atom. The molecule has 0 heterocycles. The summed E-state index contributed by atoms with van der Waals surface area (Å²) < 4.78 is 13.5.